The van der Waals surface area contributed by atoms with Gasteiger partial charge in [-0.2, -0.15) is 0 Å². The molecular weight excluding hydrogens is 364 g/mol. The molecule has 0 heterocycles. The van der Waals surface area contributed by atoms with Crippen LogP contribution in [0.4, 0.5) is 5.69 Å². The zero-order valence-electron chi connectivity index (χ0n) is 12.3. The molecule has 0 aliphatic rings. The molecule has 2 aromatic carbocycles. The van der Waals surface area contributed by atoms with Crippen molar-refractivity contribution in [3.8, 4) is 11.5 Å². The second kappa shape index (κ2) is 8.19. The molecule has 23 heavy (non-hydrogen) atoms. The molecule has 2 rings (SSSR count). The maximum atomic E-state index is 11.9. The highest BCUT2D eigenvalue weighted by atomic mass is 79.9. The largest absolute Gasteiger partial charge is 0.497 e. The fourth-order valence-corrected chi connectivity index (χ4v) is 2.31. The minimum absolute atomic E-state index is 0.127. The number of benzene rings is 2. The van der Waals surface area contributed by atoms with Gasteiger partial charge in [-0.3, -0.25) is 4.79 Å². The number of hydrogen-bond donors (Lipinski definition) is 2. The lowest BCUT2D eigenvalue weighted by atomic mass is 10.2. The summed E-state index contributed by atoms with van der Waals surface area (Å²) in [6.45, 7) is -0.127. The molecule has 1 amide bonds. The molecule has 0 unspecified atom stereocenters. The van der Waals surface area contributed by atoms with Gasteiger partial charge < -0.3 is 20.0 Å². The average molecular weight is 379 g/mol. The Kier molecular flexibility index (Phi) is 5.99. The zero-order chi connectivity index (χ0) is 16.7. The van der Waals surface area contributed by atoms with Gasteiger partial charge in [-0.15, -0.1) is 0 Å². The van der Waals surface area contributed by atoms with Crippen molar-refractivity contribution in [2.24, 2.45) is 5.16 Å². The molecule has 6 nitrogen and oxygen atoms in total. The number of rotatable bonds is 6. The van der Waals surface area contributed by atoms with Crippen LogP contribution in [0.2, 0.25) is 0 Å². The third-order valence-electron chi connectivity index (χ3n) is 2.90. The van der Waals surface area contributed by atoms with E-state index in [1.807, 2.05) is 0 Å². The van der Waals surface area contributed by atoms with Crippen molar-refractivity contribution in [2.75, 3.05) is 19.0 Å². The molecule has 0 fully saturated rings. The van der Waals surface area contributed by atoms with Crippen LogP contribution in [0.5, 0.6) is 11.5 Å². The van der Waals surface area contributed by atoms with Crippen molar-refractivity contribution in [3.05, 3.63) is 52.5 Å². The van der Waals surface area contributed by atoms with Crippen molar-refractivity contribution in [3.63, 3.8) is 0 Å². The van der Waals surface area contributed by atoms with Gasteiger partial charge in [-0.1, -0.05) is 5.16 Å². The standard InChI is InChI=1S/C16H15BrN2O4/c1-22-13-5-3-12(4-6-13)19-16(20)10-23-15-7-2-11(9-18-21)8-14(15)17/h2-9,21H,10H2,1H3,(H,19,20). The maximum absolute atomic E-state index is 11.9. The highest BCUT2D eigenvalue weighted by Gasteiger charge is 2.07. The van der Waals surface area contributed by atoms with E-state index in [9.17, 15) is 4.79 Å². The van der Waals surface area contributed by atoms with Crippen molar-refractivity contribution in [1.82, 2.24) is 0 Å². The van der Waals surface area contributed by atoms with Crippen molar-refractivity contribution < 1.29 is 19.5 Å². The number of methoxy groups -OCH3 is 1. The summed E-state index contributed by atoms with van der Waals surface area (Å²) in [5.74, 6) is 0.961. The van der Waals surface area contributed by atoms with Gasteiger partial charge in [0.2, 0.25) is 0 Å². The van der Waals surface area contributed by atoms with Crippen molar-refractivity contribution >= 4 is 33.7 Å². The third-order valence-corrected chi connectivity index (χ3v) is 3.51. The molecule has 2 aromatic rings. The molecule has 0 aromatic heterocycles. The van der Waals surface area contributed by atoms with Crippen molar-refractivity contribution in [2.45, 2.75) is 0 Å². The molecule has 0 radical (unpaired) electrons. The molecule has 7 heteroatoms. The number of ether oxygens (including phenoxy) is 2. The highest BCUT2D eigenvalue weighted by molar-refractivity contribution is 9.10. The number of halogens is 1. The van der Waals surface area contributed by atoms with E-state index in [0.717, 1.165) is 5.75 Å². The lowest BCUT2D eigenvalue weighted by Gasteiger charge is -2.09. The molecule has 0 aliphatic heterocycles. The zero-order valence-corrected chi connectivity index (χ0v) is 13.9. The number of hydrogen-bond acceptors (Lipinski definition) is 5. The second-order valence-electron chi connectivity index (χ2n) is 4.50. The minimum atomic E-state index is -0.275. The molecule has 120 valence electrons. The average Bonchev–Trinajstić information content (AvgIpc) is 2.55. The lowest BCUT2D eigenvalue weighted by Crippen LogP contribution is -2.20. The van der Waals surface area contributed by atoms with Gasteiger partial charge in [-0.05, 0) is 64.0 Å². The van der Waals surface area contributed by atoms with Gasteiger partial charge in [0.1, 0.15) is 11.5 Å². The van der Waals surface area contributed by atoms with Crippen LogP contribution < -0.4 is 14.8 Å². The molecule has 0 atom stereocenters. The monoisotopic (exact) mass is 378 g/mol. The van der Waals surface area contributed by atoms with Crippen LogP contribution >= 0.6 is 15.9 Å². The van der Waals surface area contributed by atoms with Crippen LogP contribution in [0.3, 0.4) is 0 Å². The molecular formula is C16H15BrN2O4. The molecule has 0 saturated heterocycles. The van der Waals surface area contributed by atoms with Crippen LogP contribution in [-0.2, 0) is 4.79 Å². The van der Waals surface area contributed by atoms with E-state index >= 15 is 0 Å². The number of anilines is 1. The Labute approximate surface area is 141 Å². The van der Waals surface area contributed by atoms with Crippen LogP contribution in [0.25, 0.3) is 0 Å². The van der Waals surface area contributed by atoms with Gasteiger partial charge in [0, 0.05) is 5.69 Å². The molecule has 0 aliphatic carbocycles. The quantitative estimate of drug-likeness (QED) is 0.459. The maximum Gasteiger partial charge on any atom is 0.262 e. The summed E-state index contributed by atoms with van der Waals surface area (Å²) in [6, 6.07) is 12.1. The van der Waals surface area contributed by atoms with Gasteiger partial charge in [0.15, 0.2) is 6.61 Å². The van der Waals surface area contributed by atoms with Gasteiger partial charge in [0.25, 0.3) is 5.91 Å². The fraction of sp³-hybridized carbons (Fsp3) is 0.125. The first-order chi connectivity index (χ1) is 11.1. The molecule has 0 bridgehead atoms. The second-order valence-corrected chi connectivity index (χ2v) is 5.35. The Morgan fingerprint density at radius 1 is 1.30 bits per heavy atom. The van der Waals surface area contributed by atoms with Crippen LogP contribution in [0.1, 0.15) is 5.56 Å². The van der Waals surface area contributed by atoms with Crippen LogP contribution in [-0.4, -0.2) is 31.0 Å². The Balaban J connectivity index is 1.90. The third kappa shape index (κ3) is 5.00. The van der Waals surface area contributed by atoms with Gasteiger partial charge in [-0.25, -0.2) is 0 Å². The number of carbonyl (C=O) groups is 1. The number of nitrogens with one attached hydrogen (secondary N) is 1. The summed E-state index contributed by atoms with van der Waals surface area (Å²) < 4.78 is 11.2. The Bertz CT molecular complexity index is 702. The van der Waals surface area contributed by atoms with Gasteiger partial charge in [0.05, 0.1) is 17.8 Å². The SMILES string of the molecule is COc1ccc(NC(=O)COc2ccc(C=NO)cc2Br)cc1. The van der Waals surface area contributed by atoms with E-state index in [4.69, 9.17) is 14.7 Å². The van der Waals surface area contributed by atoms with E-state index < -0.39 is 0 Å². The number of nitrogens with zero attached hydrogens (tertiary/aromatic N) is 1. The van der Waals surface area contributed by atoms with E-state index in [-0.39, 0.29) is 12.5 Å². The predicted molar refractivity (Wildman–Crippen MR) is 90.6 cm³/mol. The van der Waals surface area contributed by atoms with E-state index in [0.29, 0.717) is 21.5 Å². The van der Waals surface area contributed by atoms with Crippen LogP contribution in [0.15, 0.2) is 52.1 Å². The number of amides is 1. The number of oxime groups is 1. The number of carbonyl (C=O) groups excluding carboxylic acids is 1. The minimum Gasteiger partial charge on any atom is -0.497 e. The summed E-state index contributed by atoms with van der Waals surface area (Å²) >= 11 is 3.34. The van der Waals surface area contributed by atoms with E-state index in [1.165, 1.54) is 6.21 Å². The summed E-state index contributed by atoms with van der Waals surface area (Å²) in [4.78, 5) is 11.9. The lowest BCUT2D eigenvalue weighted by molar-refractivity contribution is -0.118. The first-order valence-electron chi connectivity index (χ1n) is 6.66. The van der Waals surface area contributed by atoms with E-state index in [2.05, 4.69) is 26.4 Å². The topological polar surface area (TPSA) is 80.2 Å². The molecule has 0 spiro atoms. The Hall–Kier alpha value is -2.54. The van der Waals surface area contributed by atoms with E-state index in [1.54, 1.807) is 49.6 Å². The Morgan fingerprint density at radius 3 is 2.65 bits per heavy atom. The molecule has 0 saturated carbocycles. The summed E-state index contributed by atoms with van der Waals surface area (Å²) in [7, 11) is 1.58. The smallest absolute Gasteiger partial charge is 0.262 e. The summed E-state index contributed by atoms with van der Waals surface area (Å²) in [5, 5.41) is 14.2. The first kappa shape index (κ1) is 16.8. The predicted octanol–water partition coefficient (Wildman–Crippen LogP) is 3.28. The summed E-state index contributed by atoms with van der Waals surface area (Å²) in [5.41, 5.74) is 1.36. The Morgan fingerprint density at radius 2 is 2.04 bits per heavy atom. The first-order valence-corrected chi connectivity index (χ1v) is 7.45. The highest BCUT2D eigenvalue weighted by Crippen LogP contribution is 2.25. The van der Waals surface area contributed by atoms with Crippen LogP contribution in [0, 0.1) is 0 Å². The normalized spacial score (nSPS) is 10.5. The van der Waals surface area contributed by atoms with Crippen molar-refractivity contribution in [1.29, 1.82) is 0 Å². The summed E-state index contributed by atoms with van der Waals surface area (Å²) in [6.07, 6.45) is 1.30. The van der Waals surface area contributed by atoms with Gasteiger partial charge >= 0.3 is 0 Å². The fourth-order valence-electron chi connectivity index (χ4n) is 1.80. The molecule has 2 N–H and O–H groups in total.